The molecule has 0 saturated heterocycles. The maximum absolute atomic E-state index is 11.8. The van der Waals surface area contributed by atoms with Crippen LogP contribution in [0.4, 0.5) is 0 Å². The molecule has 0 aliphatic rings. The third kappa shape index (κ3) is 8.52. The first kappa shape index (κ1) is 32.7. The second-order valence-corrected chi connectivity index (χ2v) is 12.0. The van der Waals surface area contributed by atoms with Crippen molar-refractivity contribution in [2.45, 2.75) is 56.5 Å². The number of hydrogen-bond acceptors (Lipinski definition) is 7. The van der Waals surface area contributed by atoms with Crippen molar-refractivity contribution in [2.75, 3.05) is 14.2 Å². The van der Waals surface area contributed by atoms with Gasteiger partial charge in [-0.2, -0.15) is 0 Å². The molecular formula is C38H39N3O4S. The number of hydrogen-bond donors (Lipinski definition) is 0. The van der Waals surface area contributed by atoms with Crippen LogP contribution in [-0.4, -0.2) is 40.9 Å². The monoisotopic (exact) mass is 633 g/mol. The first-order valence-corrected chi connectivity index (χ1v) is 16.6. The van der Waals surface area contributed by atoms with Crippen molar-refractivity contribution in [3.8, 4) is 22.3 Å². The molecule has 0 atom stereocenters. The Bertz CT molecular complexity index is 1730. The van der Waals surface area contributed by atoms with E-state index in [1.54, 1.807) is 36.0 Å². The van der Waals surface area contributed by atoms with Crippen LogP contribution in [0.1, 0.15) is 70.3 Å². The highest BCUT2D eigenvalue weighted by Gasteiger charge is 2.13. The Morgan fingerprint density at radius 3 is 1.61 bits per heavy atom. The number of nitrogens with zero attached hydrogens (tertiary/aromatic N) is 3. The van der Waals surface area contributed by atoms with Gasteiger partial charge in [0.05, 0.1) is 31.9 Å². The number of thioether (sulfide) groups is 1. The number of methoxy groups -OCH3 is 2. The molecule has 1 aromatic heterocycles. The number of benzene rings is 4. The smallest absolute Gasteiger partial charge is 0.337 e. The largest absolute Gasteiger partial charge is 0.465 e. The van der Waals surface area contributed by atoms with E-state index in [1.165, 1.54) is 39.0 Å². The molecule has 0 fully saturated rings. The van der Waals surface area contributed by atoms with Gasteiger partial charge in [-0.25, -0.2) is 19.3 Å². The van der Waals surface area contributed by atoms with E-state index in [0.29, 0.717) is 17.7 Å². The summed E-state index contributed by atoms with van der Waals surface area (Å²) in [5.41, 5.74) is 7.68. The van der Waals surface area contributed by atoms with E-state index in [-0.39, 0.29) is 11.9 Å². The van der Waals surface area contributed by atoms with Gasteiger partial charge in [0, 0.05) is 12.2 Å². The summed E-state index contributed by atoms with van der Waals surface area (Å²) in [7, 11) is 2.78. The summed E-state index contributed by atoms with van der Waals surface area (Å²) in [4.78, 5) is 28.4. The van der Waals surface area contributed by atoms with Crippen molar-refractivity contribution in [3.05, 3.63) is 125 Å². The average Bonchev–Trinajstić information content (AvgIpc) is 3.50. The van der Waals surface area contributed by atoms with Crippen LogP contribution in [0.15, 0.2) is 102 Å². The van der Waals surface area contributed by atoms with Gasteiger partial charge in [-0.15, -0.1) is 5.10 Å². The van der Waals surface area contributed by atoms with Crippen molar-refractivity contribution < 1.29 is 19.1 Å². The lowest BCUT2D eigenvalue weighted by atomic mass is 10.0. The van der Waals surface area contributed by atoms with E-state index >= 15 is 0 Å². The highest BCUT2D eigenvalue weighted by molar-refractivity contribution is 7.98. The number of ether oxygens (including phenoxy) is 2. The maximum Gasteiger partial charge on any atom is 0.337 e. The van der Waals surface area contributed by atoms with Crippen LogP contribution in [0, 0.1) is 0 Å². The minimum absolute atomic E-state index is 0.335. The number of rotatable bonds is 14. The Morgan fingerprint density at radius 1 is 0.652 bits per heavy atom. The molecule has 0 N–H and O–H groups in total. The van der Waals surface area contributed by atoms with Crippen LogP contribution in [0.3, 0.4) is 0 Å². The second-order valence-electron chi connectivity index (χ2n) is 11.1. The van der Waals surface area contributed by atoms with E-state index < -0.39 is 0 Å². The van der Waals surface area contributed by atoms with Gasteiger partial charge in [0.15, 0.2) is 0 Å². The summed E-state index contributed by atoms with van der Waals surface area (Å²) in [6, 6.07) is 31.8. The van der Waals surface area contributed by atoms with Crippen molar-refractivity contribution >= 4 is 23.7 Å². The summed E-state index contributed by atoms with van der Waals surface area (Å²) in [5.74, 6) is 1.12. The summed E-state index contributed by atoms with van der Waals surface area (Å²) in [6.45, 7) is 2.88. The van der Waals surface area contributed by atoms with Gasteiger partial charge in [-0.1, -0.05) is 111 Å². The van der Waals surface area contributed by atoms with Gasteiger partial charge in [-0.05, 0) is 64.1 Å². The van der Waals surface area contributed by atoms with Crippen LogP contribution in [0.5, 0.6) is 0 Å². The zero-order valence-electron chi connectivity index (χ0n) is 26.6. The van der Waals surface area contributed by atoms with Gasteiger partial charge in [-0.3, -0.25) is 0 Å². The van der Waals surface area contributed by atoms with E-state index in [2.05, 4.69) is 60.1 Å². The number of carbonyl (C=O) groups is 2. The Labute approximate surface area is 275 Å². The molecule has 7 nitrogen and oxygen atoms in total. The normalized spacial score (nSPS) is 10.9. The lowest BCUT2D eigenvalue weighted by Gasteiger charge is -2.08. The average molecular weight is 634 g/mol. The molecule has 236 valence electrons. The van der Waals surface area contributed by atoms with E-state index in [0.717, 1.165) is 57.4 Å². The first-order chi connectivity index (χ1) is 22.5. The topological polar surface area (TPSA) is 83.3 Å². The predicted molar refractivity (Wildman–Crippen MR) is 183 cm³/mol. The first-order valence-electron chi connectivity index (χ1n) is 15.6. The molecule has 0 aliphatic carbocycles. The fraction of sp³-hybridized carbons (Fsp3) is 0.263. The minimum Gasteiger partial charge on any atom is -0.465 e. The number of aromatic nitrogens is 3. The molecule has 0 radical (unpaired) electrons. The summed E-state index contributed by atoms with van der Waals surface area (Å²) >= 11 is 1.65. The fourth-order valence-corrected chi connectivity index (χ4v) is 6.00. The highest BCUT2D eigenvalue weighted by atomic mass is 32.2. The van der Waals surface area contributed by atoms with Gasteiger partial charge in [0.2, 0.25) is 5.16 Å². The molecule has 46 heavy (non-hydrogen) atoms. The quantitative estimate of drug-likeness (QED) is 0.0688. The third-order valence-electron chi connectivity index (χ3n) is 7.87. The lowest BCUT2D eigenvalue weighted by molar-refractivity contribution is 0.0592. The van der Waals surface area contributed by atoms with Crippen LogP contribution in [0.2, 0.25) is 0 Å². The second kappa shape index (κ2) is 16.0. The Hall–Kier alpha value is -4.69. The van der Waals surface area contributed by atoms with Crippen molar-refractivity contribution in [3.63, 3.8) is 0 Å². The highest BCUT2D eigenvalue weighted by Crippen LogP contribution is 2.26. The number of aryl methyl sites for hydroxylation is 1. The zero-order chi connectivity index (χ0) is 32.3. The van der Waals surface area contributed by atoms with Gasteiger partial charge < -0.3 is 9.47 Å². The summed E-state index contributed by atoms with van der Waals surface area (Å²) in [6.07, 6.45) is 5.61. The van der Waals surface area contributed by atoms with Crippen molar-refractivity contribution in [2.24, 2.45) is 0 Å². The molecule has 0 bridgehead atoms. The van der Waals surface area contributed by atoms with E-state index in [4.69, 9.17) is 19.6 Å². The van der Waals surface area contributed by atoms with Crippen molar-refractivity contribution in [1.82, 2.24) is 14.8 Å². The van der Waals surface area contributed by atoms with Gasteiger partial charge in [0.1, 0.15) is 5.82 Å². The number of esters is 2. The Morgan fingerprint density at radius 2 is 1.13 bits per heavy atom. The zero-order valence-corrected chi connectivity index (χ0v) is 27.4. The fourth-order valence-electron chi connectivity index (χ4n) is 5.18. The van der Waals surface area contributed by atoms with Crippen LogP contribution >= 0.6 is 11.8 Å². The molecule has 0 unspecified atom stereocenters. The Balaban J connectivity index is 1.24. The van der Waals surface area contributed by atoms with Gasteiger partial charge in [0.25, 0.3) is 0 Å². The van der Waals surface area contributed by atoms with Gasteiger partial charge >= 0.3 is 11.9 Å². The molecular weight excluding hydrogens is 595 g/mol. The molecule has 1 heterocycles. The number of unbranched alkanes of at least 4 members (excludes halogenated alkanes) is 3. The molecule has 0 amide bonds. The number of carbonyl (C=O) groups excluding carboxylic acids is 2. The molecule has 0 aliphatic heterocycles. The molecule has 0 spiro atoms. The minimum atomic E-state index is -0.337. The predicted octanol–water partition coefficient (Wildman–Crippen LogP) is 8.65. The van der Waals surface area contributed by atoms with Crippen molar-refractivity contribution in [1.29, 1.82) is 0 Å². The molecule has 5 aromatic rings. The van der Waals surface area contributed by atoms with Crippen LogP contribution < -0.4 is 0 Å². The van der Waals surface area contributed by atoms with Crippen LogP contribution in [0.25, 0.3) is 22.3 Å². The van der Waals surface area contributed by atoms with E-state index in [1.807, 2.05) is 24.3 Å². The standard InChI is InChI=1S/C38H39N3O4S/c1-4-5-6-7-8-35-39-38(46-26-28-11-15-30(16-12-28)32-19-23-34(24-20-32)37(43)45-3)40-41(35)25-27-9-13-29(14-10-27)31-17-21-33(22-18-31)36(42)44-2/h9-24H,4-8,25-26H2,1-3H3. The maximum atomic E-state index is 11.8. The molecule has 8 heteroatoms. The SMILES string of the molecule is CCCCCCc1nc(SCc2ccc(-c3ccc(C(=O)OC)cc3)cc2)nn1Cc1ccc(-c2ccc(C(=O)OC)cc2)cc1. The van der Waals surface area contributed by atoms with E-state index in [9.17, 15) is 9.59 Å². The third-order valence-corrected chi connectivity index (χ3v) is 8.78. The lowest BCUT2D eigenvalue weighted by Crippen LogP contribution is -2.07. The summed E-state index contributed by atoms with van der Waals surface area (Å²) < 4.78 is 11.7. The Kier molecular flexibility index (Phi) is 11.4. The molecule has 4 aromatic carbocycles. The molecule has 0 saturated carbocycles. The molecule has 5 rings (SSSR count). The van der Waals surface area contributed by atoms with Crippen LogP contribution in [-0.2, 0) is 28.2 Å². The summed E-state index contributed by atoms with van der Waals surface area (Å²) in [5, 5.41) is 5.70.